The van der Waals surface area contributed by atoms with Gasteiger partial charge in [-0.15, -0.1) is 0 Å². The van der Waals surface area contributed by atoms with Crippen molar-refractivity contribution in [2.75, 3.05) is 4.72 Å². The number of anilines is 1. The van der Waals surface area contributed by atoms with Crippen LogP contribution in [0.4, 0.5) is 24.5 Å². The smallest absolute Gasteiger partial charge is 0.417 e. The molecule has 0 saturated carbocycles. The number of nitrogens with one attached hydrogen (secondary N) is 1. The van der Waals surface area contributed by atoms with Crippen LogP contribution in [-0.2, 0) is 16.2 Å². The SMILES string of the molecule is Cc1cc(NS(=O)(=O)c2cc([N+](=O)[O-])ccc2Cl)ccc1Oc1ncc(C(F)(F)F)cc1Cl. The van der Waals surface area contributed by atoms with Crippen LogP contribution >= 0.6 is 23.2 Å². The molecule has 0 fully saturated rings. The Kier molecular flexibility index (Phi) is 6.73. The molecular formula is C19H12Cl2F3N3O5S. The fourth-order valence-electron chi connectivity index (χ4n) is 2.61. The van der Waals surface area contributed by atoms with Gasteiger partial charge in [-0.25, -0.2) is 13.4 Å². The van der Waals surface area contributed by atoms with Crippen LogP contribution in [0.2, 0.25) is 10.0 Å². The average Bonchev–Trinajstić information content (AvgIpc) is 2.70. The van der Waals surface area contributed by atoms with Gasteiger partial charge in [0.05, 0.1) is 15.5 Å². The Morgan fingerprint density at radius 2 is 1.79 bits per heavy atom. The highest BCUT2D eigenvalue weighted by molar-refractivity contribution is 7.92. The van der Waals surface area contributed by atoms with Crippen molar-refractivity contribution in [3.63, 3.8) is 0 Å². The Morgan fingerprint density at radius 1 is 1.09 bits per heavy atom. The van der Waals surface area contributed by atoms with Gasteiger partial charge in [-0.05, 0) is 42.8 Å². The van der Waals surface area contributed by atoms with E-state index >= 15 is 0 Å². The number of non-ortho nitro benzene ring substituents is 1. The van der Waals surface area contributed by atoms with Crippen molar-refractivity contribution >= 4 is 44.6 Å². The van der Waals surface area contributed by atoms with E-state index in [1.165, 1.54) is 18.2 Å². The maximum atomic E-state index is 12.7. The summed E-state index contributed by atoms with van der Waals surface area (Å²) < 4.78 is 71.3. The molecule has 0 unspecified atom stereocenters. The molecule has 3 aromatic rings. The largest absolute Gasteiger partial charge is 0.437 e. The first kappa shape index (κ1) is 24.6. The first-order chi connectivity index (χ1) is 15.3. The van der Waals surface area contributed by atoms with Crippen molar-refractivity contribution in [2.24, 2.45) is 0 Å². The third-order valence-corrected chi connectivity index (χ3v) is 6.32. The molecule has 14 heteroatoms. The van der Waals surface area contributed by atoms with E-state index in [2.05, 4.69) is 9.71 Å². The first-order valence-electron chi connectivity index (χ1n) is 8.76. The number of rotatable bonds is 6. The lowest BCUT2D eigenvalue weighted by atomic mass is 10.2. The molecule has 0 spiro atoms. The molecule has 3 rings (SSSR count). The highest BCUT2D eigenvalue weighted by atomic mass is 35.5. The van der Waals surface area contributed by atoms with E-state index in [-0.39, 0.29) is 27.4 Å². The fraction of sp³-hybridized carbons (Fsp3) is 0.105. The van der Waals surface area contributed by atoms with E-state index < -0.39 is 37.3 Å². The van der Waals surface area contributed by atoms with Gasteiger partial charge in [-0.1, -0.05) is 23.2 Å². The van der Waals surface area contributed by atoms with Crippen LogP contribution in [0, 0.1) is 17.0 Å². The normalized spacial score (nSPS) is 11.8. The number of halogens is 5. The minimum Gasteiger partial charge on any atom is -0.437 e. The molecule has 174 valence electrons. The van der Waals surface area contributed by atoms with Crippen molar-refractivity contribution in [3.05, 3.63) is 79.9 Å². The van der Waals surface area contributed by atoms with E-state index in [0.717, 1.165) is 18.2 Å². The lowest BCUT2D eigenvalue weighted by Crippen LogP contribution is -2.14. The van der Waals surface area contributed by atoms with Gasteiger partial charge in [-0.3, -0.25) is 14.8 Å². The topological polar surface area (TPSA) is 111 Å². The summed E-state index contributed by atoms with van der Waals surface area (Å²) >= 11 is 11.7. The zero-order chi connectivity index (χ0) is 24.6. The molecule has 0 aliphatic carbocycles. The van der Waals surface area contributed by atoms with Gasteiger partial charge in [0.15, 0.2) is 0 Å². The highest BCUT2D eigenvalue weighted by Gasteiger charge is 2.32. The quantitative estimate of drug-likeness (QED) is 0.304. The molecule has 1 N–H and O–H groups in total. The van der Waals surface area contributed by atoms with Gasteiger partial charge >= 0.3 is 6.18 Å². The average molecular weight is 522 g/mol. The Balaban J connectivity index is 1.84. The molecule has 0 bridgehead atoms. The van der Waals surface area contributed by atoms with Gasteiger partial charge < -0.3 is 4.74 Å². The highest BCUT2D eigenvalue weighted by Crippen LogP contribution is 2.36. The number of alkyl halides is 3. The molecule has 1 heterocycles. The lowest BCUT2D eigenvalue weighted by molar-refractivity contribution is -0.385. The summed E-state index contributed by atoms with van der Waals surface area (Å²) in [7, 11) is -4.28. The summed E-state index contributed by atoms with van der Waals surface area (Å²) in [5.74, 6) is -0.120. The zero-order valence-corrected chi connectivity index (χ0v) is 18.7. The predicted octanol–water partition coefficient (Wildman–Crippen LogP) is 6.22. The second-order valence-corrected chi connectivity index (χ2v) is 9.03. The number of nitro groups is 1. The number of pyridine rings is 1. The molecule has 8 nitrogen and oxygen atoms in total. The van der Waals surface area contributed by atoms with Gasteiger partial charge in [0.25, 0.3) is 15.7 Å². The Labute approximate surface area is 195 Å². The number of nitro benzene ring substituents is 1. The number of benzene rings is 2. The number of aromatic nitrogens is 1. The van der Waals surface area contributed by atoms with Gasteiger partial charge in [0.2, 0.25) is 5.88 Å². The van der Waals surface area contributed by atoms with Crippen LogP contribution < -0.4 is 9.46 Å². The van der Waals surface area contributed by atoms with E-state index in [1.807, 2.05) is 0 Å². The summed E-state index contributed by atoms with van der Waals surface area (Å²) in [6.45, 7) is 1.55. The second-order valence-electron chi connectivity index (χ2n) is 6.57. The minimum atomic E-state index is -4.62. The van der Waals surface area contributed by atoms with Crippen molar-refractivity contribution in [1.82, 2.24) is 4.98 Å². The van der Waals surface area contributed by atoms with Crippen LogP contribution in [0.3, 0.4) is 0 Å². The van der Waals surface area contributed by atoms with Crippen molar-refractivity contribution < 1.29 is 31.2 Å². The van der Waals surface area contributed by atoms with Crippen molar-refractivity contribution in [1.29, 1.82) is 0 Å². The molecule has 0 aliphatic heterocycles. The number of sulfonamides is 1. The summed E-state index contributed by atoms with van der Waals surface area (Å²) in [6.07, 6.45) is -4.05. The zero-order valence-electron chi connectivity index (χ0n) is 16.4. The van der Waals surface area contributed by atoms with Gasteiger partial charge in [-0.2, -0.15) is 13.2 Å². The van der Waals surface area contributed by atoms with Crippen molar-refractivity contribution in [2.45, 2.75) is 18.0 Å². The molecule has 33 heavy (non-hydrogen) atoms. The van der Waals surface area contributed by atoms with Crippen molar-refractivity contribution in [3.8, 4) is 11.6 Å². The van der Waals surface area contributed by atoms with Gasteiger partial charge in [0, 0.05) is 24.0 Å². The van der Waals surface area contributed by atoms with Crippen LogP contribution in [-0.4, -0.2) is 18.3 Å². The number of hydrogen-bond donors (Lipinski definition) is 1. The second kappa shape index (κ2) is 9.04. The third kappa shape index (κ3) is 5.64. The molecular weight excluding hydrogens is 510 g/mol. The van der Waals surface area contributed by atoms with Crippen LogP contribution in [0.25, 0.3) is 0 Å². The first-order valence-corrected chi connectivity index (χ1v) is 11.0. The maximum absolute atomic E-state index is 12.7. The monoisotopic (exact) mass is 521 g/mol. The molecule has 0 saturated heterocycles. The Morgan fingerprint density at radius 3 is 2.36 bits per heavy atom. The number of hydrogen-bond acceptors (Lipinski definition) is 6. The van der Waals surface area contributed by atoms with Crippen LogP contribution in [0.5, 0.6) is 11.6 Å². The molecule has 1 aromatic heterocycles. The summed E-state index contributed by atoms with van der Waals surface area (Å²) in [5, 5.41) is 10.4. The minimum absolute atomic E-state index is 0.0777. The summed E-state index contributed by atoms with van der Waals surface area (Å²) in [6, 6.07) is 7.68. The predicted molar refractivity (Wildman–Crippen MR) is 114 cm³/mol. The third-order valence-electron chi connectivity index (χ3n) is 4.18. The lowest BCUT2D eigenvalue weighted by Gasteiger charge is -2.14. The number of aryl methyl sites for hydroxylation is 1. The molecule has 0 amide bonds. The Hall–Kier alpha value is -3.09. The molecule has 0 radical (unpaired) electrons. The molecule has 0 aliphatic rings. The van der Waals surface area contributed by atoms with E-state index in [0.29, 0.717) is 17.8 Å². The molecule has 2 aromatic carbocycles. The van der Waals surface area contributed by atoms with Crippen LogP contribution in [0.15, 0.2) is 53.6 Å². The van der Waals surface area contributed by atoms with E-state index in [9.17, 15) is 31.7 Å². The number of nitrogens with zero attached hydrogens (tertiary/aromatic N) is 2. The number of ether oxygens (including phenoxy) is 1. The van der Waals surface area contributed by atoms with Crippen LogP contribution in [0.1, 0.15) is 11.1 Å². The van der Waals surface area contributed by atoms with E-state index in [1.54, 1.807) is 6.92 Å². The summed E-state index contributed by atoms with van der Waals surface area (Å²) in [5.41, 5.74) is -1.03. The maximum Gasteiger partial charge on any atom is 0.417 e. The fourth-order valence-corrected chi connectivity index (χ4v) is 4.38. The van der Waals surface area contributed by atoms with E-state index in [4.69, 9.17) is 27.9 Å². The molecule has 0 atom stereocenters. The standard InChI is InChI=1S/C19H12Cl2F3N3O5S/c1-10-6-12(26-33(30,31)17-8-13(27(28)29)3-4-14(17)20)2-5-16(10)32-18-15(21)7-11(9-25-18)19(22,23)24/h2-9,26H,1H3. The summed E-state index contributed by atoms with van der Waals surface area (Å²) in [4.78, 5) is 13.3. The van der Waals surface area contributed by atoms with Gasteiger partial charge in [0.1, 0.15) is 15.7 Å². The Bertz CT molecular complexity index is 1350.